The average molecular weight is 219 g/mol. The highest BCUT2D eigenvalue weighted by molar-refractivity contribution is 5.58. The Bertz CT molecular complexity index is 459. The highest BCUT2D eigenvalue weighted by Gasteiger charge is 2.05. The van der Waals surface area contributed by atoms with Crippen LogP contribution in [-0.4, -0.2) is 16.2 Å². The van der Waals surface area contributed by atoms with E-state index in [1.54, 1.807) is 12.1 Å². The van der Waals surface area contributed by atoms with Crippen LogP contribution in [0.1, 0.15) is 12.6 Å². The Morgan fingerprint density at radius 1 is 1.38 bits per heavy atom. The fourth-order valence-electron chi connectivity index (χ4n) is 1.58. The molecule has 16 heavy (non-hydrogen) atoms. The summed E-state index contributed by atoms with van der Waals surface area (Å²) in [5, 5.41) is 7.09. The maximum absolute atomic E-state index is 12.7. The Kier molecular flexibility index (Phi) is 3.01. The van der Waals surface area contributed by atoms with Crippen molar-refractivity contribution in [3.63, 3.8) is 0 Å². The molecule has 0 aliphatic carbocycles. The summed E-state index contributed by atoms with van der Waals surface area (Å²) in [4.78, 5) is 0. The van der Waals surface area contributed by atoms with Crippen molar-refractivity contribution in [2.45, 2.75) is 19.4 Å². The fraction of sp³-hybridized carbons (Fsp3) is 0.250. The second-order valence-corrected chi connectivity index (χ2v) is 3.97. The Morgan fingerprint density at radius 3 is 2.69 bits per heavy atom. The molecule has 2 rings (SSSR count). The summed E-state index contributed by atoms with van der Waals surface area (Å²) < 4.78 is 12.7. The van der Waals surface area contributed by atoms with Gasteiger partial charge in [0, 0.05) is 23.7 Å². The highest BCUT2D eigenvalue weighted by atomic mass is 19.1. The minimum absolute atomic E-state index is 0.0986. The van der Waals surface area contributed by atoms with Crippen LogP contribution in [0.2, 0.25) is 0 Å². The van der Waals surface area contributed by atoms with Gasteiger partial charge in [0.1, 0.15) is 5.82 Å². The molecule has 84 valence electrons. The Morgan fingerprint density at radius 2 is 2.06 bits per heavy atom. The molecular formula is C12H14FN3. The molecule has 0 aliphatic rings. The number of hydrogen-bond donors (Lipinski definition) is 2. The predicted molar refractivity (Wildman–Crippen MR) is 61.3 cm³/mol. The van der Waals surface area contributed by atoms with Crippen LogP contribution in [0.4, 0.5) is 4.39 Å². The van der Waals surface area contributed by atoms with Crippen molar-refractivity contribution in [1.29, 1.82) is 0 Å². The maximum atomic E-state index is 12.7. The molecule has 1 aromatic carbocycles. The zero-order valence-corrected chi connectivity index (χ0v) is 9.07. The molecule has 0 bridgehead atoms. The van der Waals surface area contributed by atoms with Crippen LogP contribution in [0.25, 0.3) is 11.3 Å². The molecule has 0 saturated carbocycles. The van der Waals surface area contributed by atoms with Gasteiger partial charge in [0.25, 0.3) is 0 Å². The van der Waals surface area contributed by atoms with Crippen LogP contribution in [0.15, 0.2) is 30.3 Å². The molecule has 3 nitrogen and oxygen atoms in total. The van der Waals surface area contributed by atoms with E-state index in [1.807, 2.05) is 13.0 Å². The SMILES string of the molecule is CC(N)Cc1cc(-c2ccc(F)cc2)n[nH]1. The summed E-state index contributed by atoms with van der Waals surface area (Å²) in [5.74, 6) is -0.241. The average Bonchev–Trinajstić information content (AvgIpc) is 2.66. The number of hydrogen-bond acceptors (Lipinski definition) is 2. The quantitative estimate of drug-likeness (QED) is 0.830. The topological polar surface area (TPSA) is 54.7 Å². The van der Waals surface area contributed by atoms with Gasteiger partial charge in [-0.05, 0) is 37.3 Å². The van der Waals surface area contributed by atoms with E-state index in [-0.39, 0.29) is 11.9 Å². The summed E-state index contributed by atoms with van der Waals surface area (Å²) in [6, 6.07) is 8.31. The normalized spacial score (nSPS) is 12.7. The monoisotopic (exact) mass is 219 g/mol. The molecule has 2 aromatic rings. The van der Waals surface area contributed by atoms with Gasteiger partial charge >= 0.3 is 0 Å². The molecule has 0 amide bonds. The van der Waals surface area contributed by atoms with Crippen LogP contribution in [0.3, 0.4) is 0 Å². The minimum atomic E-state index is -0.241. The molecular weight excluding hydrogens is 205 g/mol. The molecule has 1 aromatic heterocycles. The molecule has 0 radical (unpaired) electrons. The molecule has 0 aliphatic heterocycles. The third-order valence-corrected chi connectivity index (χ3v) is 2.31. The lowest BCUT2D eigenvalue weighted by Crippen LogP contribution is -2.17. The highest BCUT2D eigenvalue weighted by Crippen LogP contribution is 2.18. The maximum Gasteiger partial charge on any atom is 0.123 e. The number of aromatic amines is 1. The minimum Gasteiger partial charge on any atom is -0.328 e. The smallest absolute Gasteiger partial charge is 0.123 e. The van der Waals surface area contributed by atoms with E-state index in [0.29, 0.717) is 0 Å². The van der Waals surface area contributed by atoms with E-state index in [9.17, 15) is 4.39 Å². The first-order chi connectivity index (χ1) is 7.65. The number of nitrogens with one attached hydrogen (secondary N) is 1. The Labute approximate surface area is 93.5 Å². The summed E-state index contributed by atoms with van der Waals surface area (Å²) in [5.41, 5.74) is 8.40. The van der Waals surface area contributed by atoms with Gasteiger partial charge in [0.2, 0.25) is 0 Å². The first-order valence-electron chi connectivity index (χ1n) is 5.21. The number of benzene rings is 1. The van der Waals surface area contributed by atoms with E-state index in [1.165, 1.54) is 12.1 Å². The lowest BCUT2D eigenvalue weighted by Gasteiger charge is -1.99. The largest absolute Gasteiger partial charge is 0.328 e. The molecule has 0 fully saturated rings. The van der Waals surface area contributed by atoms with E-state index < -0.39 is 0 Å². The molecule has 3 N–H and O–H groups in total. The van der Waals surface area contributed by atoms with E-state index >= 15 is 0 Å². The second kappa shape index (κ2) is 4.45. The van der Waals surface area contributed by atoms with Crippen molar-refractivity contribution in [1.82, 2.24) is 10.2 Å². The molecule has 1 heterocycles. The van der Waals surface area contributed by atoms with Gasteiger partial charge in [-0.25, -0.2) is 4.39 Å². The number of rotatable bonds is 3. The van der Waals surface area contributed by atoms with Crippen LogP contribution < -0.4 is 5.73 Å². The number of aromatic nitrogens is 2. The first kappa shape index (κ1) is 10.8. The first-order valence-corrected chi connectivity index (χ1v) is 5.21. The zero-order chi connectivity index (χ0) is 11.5. The van der Waals surface area contributed by atoms with Gasteiger partial charge in [-0.2, -0.15) is 5.10 Å². The predicted octanol–water partition coefficient (Wildman–Crippen LogP) is 2.11. The fourth-order valence-corrected chi connectivity index (χ4v) is 1.58. The molecule has 1 atom stereocenters. The summed E-state index contributed by atoms with van der Waals surface area (Å²) in [7, 11) is 0. The van der Waals surface area contributed by atoms with Crippen molar-refractivity contribution < 1.29 is 4.39 Å². The van der Waals surface area contributed by atoms with Crippen molar-refractivity contribution in [2.24, 2.45) is 5.73 Å². The summed E-state index contributed by atoms with van der Waals surface area (Å²) in [6.45, 7) is 1.94. The summed E-state index contributed by atoms with van der Waals surface area (Å²) >= 11 is 0. The molecule has 0 saturated heterocycles. The Hall–Kier alpha value is -1.68. The Balaban J connectivity index is 2.21. The lowest BCUT2D eigenvalue weighted by atomic mass is 10.1. The second-order valence-electron chi connectivity index (χ2n) is 3.97. The van der Waals surface area contributed by atoms with Crippen LogP contribution in [-0.2, 0) is 6.42 Å². The number of halogens is 1. The van der Waals surface area contributed by atoms with Gasteiger partial charge in [-0.3, -0.25) is 5.10 Å². The third kappa shape index (κ3) is 2.46. The lowest BCUT2D eigenvalue weighted by molar-refractivity contribution is 0.628. The van der Waals surface area contributed by atoms with Crippen LogP contribution in [0.5, 0.6) is 0 Å². The van der Waals surface area contributed by atoms with Crippen molar-refractivity contribution in [3.05, 3.63) is 41.8 Å². The van der Waals surface area contributed by atoms with Crippen molar-refractivity contribution >= 4 is 0 Å². The van der Waals surface area contributed by atoms with Crippen LogP contribution in [0, 0.1) is 5.82 Å². The number of nitrogens with zero attached hydrogens (tertiary/aromatic N) is 1. The van der Waals surface area contributed by atoms with E-state index in [4.69, 9.17) is 5.73 Å². The summed E-state index contributed by atoms with van der Waals surface area (Å²) in [6.07, 6.45) is 0.758. The zero-order valence-electron chi connectivity index (χ0n) is 9.07. The molecule has 0 spiro atoms. The molecule has 4 heteroatoms. The van der Waals surface area contributed by atoms with Gasteiger partial charge in [-0.1, -0.05) is 0 Å². The van der Waals surface area contributed by atoms with E-state index in [2.05, 4.69) is 10.2 Å². The van der Waals surface area contributed by atoms with E-state index in [0.717, 1.165) is 23.4 Å². The third-order valence-electron chi connectivity index (χ3n) is 2.31. The van der Waals surface area contributed by atoms with Gasteiger partial charge in [0.15, 0.2) is 0 Å². The molecule has 1 unspecified atom stereocenters. The van der Waals surface area contributed by atoms with Gasteiger partial charge < -0.3 is 5.73 Å². The standard InChI is InChI=1S/C12H14FN3/c1-8(14)6-11-7-12(16-15-11)9-2-4-10(13)5-3-9/h2-5,7-8H,6,14H2,1H3,(H,15,16). The van der Waals surface area contributed by atoms with Gasteiger partial charge in [0.05, 0.1) is 5.69 Å². The van der Waals surface area contributed by atoms with Crippen LogP contribution >= 0.6 is 0 Å². The van der Waals surface area contributed by atoms with Crippen molar-refractivity contribution in [3.8, 4) is 11.3 Å². The number of nitrogens with two attached hydrogens (primary N) is 1. The van der Waals surface area contributed by atoms with Gasteiger partial charge in [-0.15, -0.1) is 0 Å². The number of H-pyrrole nitrogens is 1. The van der Waals surface area contributed by atoms with Crippen molar-refractivity contribution in [2.75, 3.05) is 0 Å².